The molecule has 0 saturated carbocycles. The molecule has 1 unspecified atom stereocenters. The second-order valence-corrected chi connectivity index (χ2v) is 4.60. The van der Waals surface area contributed by atoms with Crippen molar-refractivity contribution in [3.8, 4) is 0 Å². The zero-order chi connectivity index (χ0) is 13.8. The first-order chi connectivity index (χ1) is 9.09. The third-order valence-electron chi connectivity index (χ3n) is 3.18. The van der Waals surface area contributed by atoms with Gasteiger partial charge in [0.05, 0.1) is 0 Å². The number of hydrogen-bond donors (Lipinski definition) is 2. The molecule has 6 heteroatoms. The van der Waals surface area contributed by atoms with E-state index in [9.17, 15) is 9.59 Å². The molecule has 1 aliphatic rings. The maximum atomic E-state index is 12.1. The number of amides is 1. The fraction of sp³-hybridized carbons (Fsp3) is 0.462. The zero-order valence-corrected chi connectivity index (χ0v) is 10.8. The van der Waals surface area contributed by atoms with E-state index in [2.05, 4.69) is 10.3 Å². The van der Waals surface area contributed by atoms with Crippen LogP contribution in [0.5, 0.6) is 0 Å². The Hall–Kier alpha value is -2.11. The lowest BCUT2D eigenvalue weighted by molar-refractivity contribution is -0.130. The van der Waals surface area contributed by atoms with Gasteiger partial charge in [-0.25, -0.2) is 9.78 Å². The van der Waals surface area contributed by atoms with Crippen molar-refractivity contribution >= 4 is 17.7 Å². The Morgan fingerprint density at radius 1 is 1.42 bits per heavy atom. The topological polar surface area (TPSA) is 82.5 Å². The normalized spacial score (nSPS) is 16.2. The summed E-state index contributed by atoms with van der Waals surface area (Å²) in [6, 6.07) is 2.54. The molecule has 102 valence electrons. The molecule has 0 radical (unpaired) electrons. The van der Waals surface area contributed by atoms with Crippen LogP contribution >= 0.6 is 0 Å². The van der Waals surface area contributed by atoms with Gasteiger partial charge in [0.2, 0.25) is 5.91 Å². The second kappa shape index (κ2) is 5.69. The van der Waals surface area contributed by atoms with Crippen LogP contribution in [0, 0.1) is 0 Å². The largest absolute Gasteiger partial charge is 0.478 e. The van der Waals surface area contributed by atoms with Crippen LogP contribution in [0.15, 0.2) is 18.3 Å². The van der Waals surface area contributed by atoms with Crippen LogP contribution in [-0.4, -0.2) is 46.0 Å². The minimum Gasteiger partial charge on any atom is -0.478 e. The third kappa shape index (κ3) is 3.01. The number of aromatic carboxylic acids is 1. The summed E-state index contributed by atoms with van der Waals surface area (Å²) in [5, 5.41) is 11.9. The molecule has 0 spiro atoms. The number of nitrogens with zero attached hydrogens (tertiary/aromatic N) is 2. The maximum absolute atomic E-state index is 12.1. The van der Waals surface area contributed by atoms with E-state index in [0.717, 1.165) is 25.9 Å². The summed E-state index contributed by atoms with van der Waals surface area (Å²) in [4.78, 5) is 29.0. The first kappa shape index (κ1) is 13.3. The number of likely N-dealkylation sites (tertiary alicyclic amines) is 1. The van der Waals surface area contributed by atoms with Crippen LogP contribution in [0.3, 0.4) is 0 Å². The maximum Gasteiger partial charge on any atom is 0.339 e. The van der Waals surface area contributed by atoms with Crippen molar-refractivity contribution < 1.29 is 14.7 Å². The van der Waals surface area contributed by atoms with E-state index < -0.39 is 12.0 Å². The van der Waals surface area contributed by atoms with Gasteiger partial charge in [0.1, 0.15) is 17.4 Å². The van der Waals surface area contributed by atoms with Gasteiger partial charge in [-0.05, 0) is 31.9 Å². The number of hydrogen-bond acceptors (Lipinski definition) is 4. The lowest BCUT2D eigenvalue weighted by Gasteiger charge is -2.21. The van der Waals surface area contributed by atoms with E-state index in [0.29, 0.717) is 0 Å². The number of carboxylic acid groups (broad SMARTS) is 1. The van der Waals surface area contributed by atoms with Gasteiger partial charge in [-0.1, -0.05) is 0 Å². The van der Waals surface area contributed by atoms with Crippen LogP contribution in [0.2, 0.25) is 0 Å². The molecular weight excluding hydrogens is 246 g/mol. The number of carboxylic acids is 1. The van der Waals surface area contributed by atoms with Gasteiger partial charge in [0.15, 0.2) is 0 Å². The minimum atomic E-state index is -1.06. The highest BCUT2D eigenvalue weighted by Gasteiger charge is 2.24. The predicted molar refractivity (Wildman–Crippen MR) is 70.1 cm³/mol. The van der Waals surface area contributed by atoms with E-state index in [1.54, 1.807) is 17.9 Å². The monoisotopic (exact) mass is 263 g/mol. The molecule has 1 saturated heterocycles. The summed E-state index contributed by atoms with van der Waals surface area (Å²) in [6.45, 7) is 3.28. The molecule has 1 aliphatic heterocycles. The van der Waals surface area contributed by atoms with Crippen molar-refractivity contribution in [2.75, 3.05) is 18.4 Å². The molecule has 19 heavy (non-hydrogen) atoms. The fourth-order valence-corrected chi connectivity index (χ4v) is 2.17. The van der Waals surface area contributed by atoms with Crippen molar-refractivity contribution in [1.82, 2.24) is 9.88 Å². The summed E-state index contributed by atoms with van der Waals surface area (Å²) in [6.07, 6.45) is 3.56. The summed E-state index contributed by atoms with van der Waals surface area (Å²) < 4.78 is 0. The lowest BCUT2D eigenvalue weighted by Crippen LogP contribution is -2.40. The van der Waals surface area contributed by atoms with Crippen molar-refractivity contribution in [2.45, 2.75) is 25.8 Å². The van der Waals surface area contributed by atoms with Gasteiger partial charge >= 0.3 is 5.97 Å². The average Bonchev–Trinajstić information content (AvgIpc) is 2.92. The molecule has 1 aromatic heterocycles. The molecule has 0 aromatic carbocycles. The van der Waals surface area contributed by atoms with Gasteiger partial charge in [0, 0.05) is 19.3 Å². The average molecular weight is 263 g/mol. The predicted octanol–water partition coefficient (Wildman–Crippen LogP) is 1.20. The Morgan fingerprint density at radius 2 is 2.11 bits per heavy atom. The van der Waals surface area contributed by atoms with Gasteiger partial charge in [0.25, 0.3) is 0 Å². The van der Waals surface area contributed by atoms with Gasteiger partial charge in [-0.3, -0.25) is 4.79 Å². The smallest absolute Gasteiger partial charge is 0.339 e. The molecule has 1 atom stereocenters. The number of carbonyl (C=O) groups is 2. The molecule has 6 nitrogen and oxygen atoms in total. The number of rotatable bonds is 4. The molecule has 2 rings (SSSR count). The molecule has 2 N–H and O–H groups in total. The van der Waals surface area contributed by atoms with Crippen molar-refractivity contribution in [3.63, 3.8) is 0 Å². The highest BCUT2D eigenvalue weighted by atomic mass is 16.4. The Morgan fingerprint density at radius 3 is 2.74 bits per heavy atom. The standard InChI is InChI=1S/C13H17N3O3/c1-9(12(17)16-7-2-3-8-16)15-11-10(13(18)19)5-4-6-14-11/h4-6,9H,2-3,7-8H2,1H3,(H,14,15)(H,18,19). The van der Waals surface area contributed by atoms with Gasteiger partial charge in [-0.2, -0.15) is 0 Å². The highest BCUT2D eigenvalue weighted by molar-refractivity contribution is 5.94. The van der Waals surface area contributed by atoms with Crippen LogP contribution in [0.25, 0.3) is 0 Å². The van der Waals surface area contributed by atoms with E-state index in [4.69, 9.17) is 5.11 Å². The molecule has 0 aliphatic carbocycles. The highest BCUT2D eigenvalue weighted by Crippen LogP contribution is 2.15. The molecular formula is C13H17N3O3. The molecule has 0 bridgehead atoms. The van der Waals surface area contributed by atoms with E-state index >= 15 is 0 Å². The van der Waals surface area contributed by atoms with Crippen molar-refractivity contribution in [3.05, 3.63) is 23.9 Å². The number of anilines is 1. The molecule has 1 fully saturated rings. The Bertz CT molecular complexity index is 484. The van der Waals surface area contributed by atoms with Gasteiger partial charge < -0.3 is 15.3 Å². The van der Waals surface area contributed by atoms with E-state index in [-0.39, 0.29) is 17.3 Å². The van der Waals surface area contributed by atoms with E-state index in [1.165, 1.54) is 12.3 Å². The van der Waals surface area contributed by atoms with Gasteiger partial charge in [-0.15, -0.1) is 0 Å². The fourth-order valence-electron chi connectivity index (χ4n) is 2.17. The Balaban J connectivity index is 2.08. The third-order valence-corrected chi connectivity index (χ3v) is 3.18. The van der Waals surface area contributed by atoms with Crippen molar-refractivity contribution in [1.29, 1.82) is 0 Å². The van der Waals surface area contributed by atoms with Crippen LogP contribution in [0.4, 0.5) is 5.82 Å². The number of carbonyl (C=O) groups excluding carboxylic acids is 1. The summed E-state index contributed by atoms with van der Waals surface area (Å²) >= 11 is 0. The van der Waals surface area contributed by atoms with Crippen LogP contribution in [0.1, 0.15) is 30.1 Å². The van der Waals surface area contributed by atoms with Crippen molar-refractivity contribution in [2.24, 2.45) is 0 Å². The summed E-state index contributed by atoms with van der Waals surface area (Å²) in [5.41, 5.74) is 0.0728. The Kier molecular flexibility index (Phi) is 3.99. The van der Waals surface area contributed by atoms with Crippen LogP contribution in [-0.2, 0) is 4.79 Å². The molecule has 2 heterocycles. The SMILES string of the molecule is CC(Nc1ncccc1C(=O)O)C(=O)N1CCCC1. The zero-order valence-electron chi connectivity index (χ0n) is 10.8. The lowest BCUT2D eigenvalue weighted by atomic mass is 10.2. The summed E-state index contributed by atoms with van der Waals surface area (Å²) in [7, 11) is 0. The number of pyridine rings is 1. The molecule has 1 amide bonds. The number of aromatic nitrogens is 1. The minimum absolute atomic E-state index is 0.0144. The number of nitrogens with one attached hydrogen (secondary N) is 1. The van der Waals surface area contributed by atoms with Crippen LogP contribution < -0.4 is 5.32 Å². The Labute approximate surface area is 111 Å². The molecule has 1 aromatic rings. The summed E-state index contributed by atoms with van der Waals surface area (Å²) in [5.74, 6) is -0.842. The second-order valence-electron chi connectivity index (χ2n) is 4.60. The first-order valence-electron chi connectivity index (χ1n) is 6.33. The quantitative estimate of drug-likeness (QED) is 0.853. The first-order valence-corrected chi connectivity index (χ1v) is 6.33. The van der Waals surface area contributed by atoms with E-state index in [1.807, 2.05) is 0 Å².